The topological polar surface area (TPSA) is 47.7 Å². The predicted molar refractivity (Wildman–Crippen MR) is 82.1 cm³/mol. The molecule has 0 spiro atoms. The van der Waals surface area contributed by atoms with Crippen molar-refractivity contribution in [2.75, 3.05) is 38.6 Å². The lowest BCUT2D eigenvalue weighted by Gasteiger charge is -2.32. The maximum absolute atomic E-state index is 5.85. The van der Waals surface area contributed by atoms with Gasteiger partial charge >= 0.3 is 0 Å². The highest BCUT2D eigenvalue weighted by Gasteiger charge is 2.19. The largest absolute Gasteiger partial charge is 0.491 e. The molecule has 4 nitrogen and oxygen atoms in total. The van der Waals surface area contributed by atoms with E-state index >= 15 is 0 Å². The van der Waals surface area contributed by atoms with Crippen molar-refractivity contribution in [1.29, 1.82) is 0 Å². The Balaban J connectivity index is 1.64. The Morgan fingerprint density at radius 2 is 2.20 bits per heavy atom. The third-order valence-corrected chi connectivity index (χ3v) is 3.66. The molecular weight excluding hydrogens is 252 g/mol. The van der Waals surface area contributed by atoms with Crippen LogP contribution in [0.5, 0.6) is 5.75 Å². The molecule has 112 valence electrons. The number of piperidine rings is 1. The molecule has 1 unspecified atom stereocenters. The molecule has 1 aliphatic heterocycles. The molecule has 0 aromatic heterocycles. The first kappa shape index (κ1) is 15.1. The summed E-state index contributed by atoms with van der Waals surface area (Å²) in [6, 6.07) is 7.65. The zero-order valence-corrected chi connectivity index (χ0v) is 12.4. The number of para-hydroxylation sites is 2. The van der Waals surface area contributed by atoms with Crippen molar-refractivity contribution in [1.82, 2.24) is 4.90 Å². The summed E-state index contributed by atoms with van der Waals surface area (Å²) in [5, 5.41) is 0. The van der Waals surface area contributed by atoms with E-state index in [2.05, 4.69) is 11.8 Å². The molecule has 0 saturated carbocycles. The van der Waals surface area contributed by atoms with Crippen molar-refractivity contribution in [2.24, 2.45) is 0 Å². The lowest BCUT2D eigenvalue weighted by Crippen LogP contribution is -2.40. The van der Waals surface area contributed by atoms with Gasteiger partial charge in [0.15, 0.2) is 0 Å². The monoisotopic (exact) mass is 278 g/mol. The smallest absolute Gasteiger partial charge is 0.142 e. The predicted octanol–water partition coefficient (Wildman–Crippen LogP) is 2.54. The fraction of sp³-hybridized carbons (Fsp3) is 0.625. The minimum absolute atomic E-state index is 0.416. The van der Waals surface area contributed by atoms with E-state index < -0.39 is 0 Å². The highest BCUT2D eigenvalue weighted by Crippen LogP contribution is 2.20. The molecular formula is C16H26N2O2. The van der Waals surface area contributed by atoms with Crippen LogP contribution in [0.4, 0.5) is 5.69 Å². The first-order chi connectivity index (χ1) is 9.79. The molecule has 1 aromatic rings. The second-order valence-electron chi connectivity index (χ2n) is 5.26. The number of likely N-dealkylation sites (tertiary alicyclic amines) is 1. The number of benzene rings is 1. The van der Waals surface area contributed by atoms with Crippen LogP contribution >= 0.6 is 0 Å². The van der Waals surface area contributed by atoms with E-state index in [1.807, 2.05) is 24.3 Å². The van der Waals surface area contributed by atoms with Gasteiger partial charge in [0.25, 0.3) is 0 Å². The summed E-state index contributed by atoms with van der Waals surface area (Å²) in [6.07, 6.45) is 3.87. The normalized spacial score (nSPS) is 19.9. The average Bonchev–Trinajstić information content (AvgIpc) is 2.46. The first-order valence-corrected chi connectivity index (χ1v) is 7.61. The summed E-state index contributed by atoms with van der Waals surface area (Å²) in [5.74, 6) is 0.790. The molecule has 1 aliphatic rings. The van der Waals surface area contributed by atoms with Crippen molar-refractivity contribution < 1.29 is 9.47 Å². The molecule has 0 aliphatic carbocycles. The standard InChI is InChI=1S/C16H26N2O2/c1-2-19-14-7-5-10-18(13-14)11-6-12-20-16-9-4-3-8-15(16)17/h3-4,8-9,14H,2,5-7,10-13,17H2,1H3. The Hall–Kier alpha value is -1.26. The van der Waals surface area contributed by atoms with Crippen LogP contribution in [0.1, 0.15) is 26.2 Å². The highest BCUT2D eigenvalue weighted by molar-refractivity contribution is 5.51. The average molecular weight is 278 g/mol. The minimum atomic E-state index is 0.416. The molecule has 2 N–H and O–H groups in total. The van der Waals surface area contributed by atoms with Gasteiger partial charge in [-0.05, 0) is 44.9 Å². The summed E-state index contributed by atoms with van der Waals surface area (Å²) in [4.78, 5) is 2.47. The number of hydrogen-bond donors (Lipinski definition) is 1. The Kier molecular flexibility index (Phi) is 6.15. The van der Waals surface area contributed by atoms with E-state index in [9.17, 15) is 0 Å². The summed E-state index contributed by atoms with van der Waals surface area (Å²) in [7, 11) is 0. The van der Waals surface area contributed by atoms with Crippen molar-refractivity contribution in [3.8, 4) is 5.75 Å². The quantitative estimate of drug-likeness (QED) is 0.615. The van der Waals surface area contributed by atoms with E-state index in [4.69, 9.17) is 15.2 Å². The number of nitrogens with zero attached hydrogens (tertiary/aromatic N) is 1. The fourth-order valence-electron chi connectivity index (χ4n) is 2.67. The molecule has 0 bridgehead atoms. The van der Waals surface area contributed by atoms with Gasteiger partial charge in [0, 0.05) is 19.7 Å². The molecule has 1 fully saturated rings. The van der Waals surface area contributed by atoms with Crippen molar-refractivity contribution in [3.63, 3.8) is 0 Å². The summed E-state index contributed by atoms with van der Waals surface area (Å²) in [5.41, 5.74) is 6.56. The molecule has 1 atom stereocenters. The van der Waals surface area contributed by atoms with Crippen LogP contribution in [0, 0.1) is 0 Å². The molecule has 20 heavy (non-hydrogen) atoms. The Morgan fingerprint density at radius 3 is 3.00 bits per heavy atom. The lowest BCUT2D eigenvalue weighted by molar-refractivity contribution is 0.00492. The number of rotatable bonds is 7. The van der Waals surface area contributed by atoms with Crippen LogP contribution in [0.15, 0.2) is 24.3 Å². The maximum Gasteiger partial charge on any atom is 0.142 e. The first-order valence-electron chi connectivity index (χ1n) is 7.61. The van der Waals surface area contributed by atoms with E-state index in [0.29, 0.717) is 18.4 Å². The zero-order valence-electron chi connectivity index (χ0n) is 12.4. The summed E-state index contributed by atoms with van der Waals surface area (Å²) >= 11 is 0. The second kappa shape index (κ2) is 8.12. The third-order valence-electron chi connectivity index (χ3n) is 3.66. The third kappa shape index (κ3) is 4.69. The number of hydrogen-bond acceptors (Lipinski definition) is 4. The maximum atomic E-state index is 5.85. The Labute approximate surface area is 121 Å². The van der Waals surface area contributed by atoms with Crippen LogP contribution in [0.25, 0.3) is 0 Å². The van der Waals surface area contributed by atoms with Crippen molar-refractivity contribution in [3.05, 3.63) is 24.3 Å². The van der Waals surface area contributed by atoms with Gasteiger partial charge in [-0.15, -0.1) is 0 Å². The van der Waals surface area contributed by atoms with E-state index in [1.165, 1.54) is 19.4 Å². The summed E-state index contributed by atoms with van der Waals surface area (Å²) in [6.45, 7) is 6.89. The number of anilines is 1. The van der Waals surface area contributed by atoms with Crippen molar-refractivity contribution >= 4 is 5.69 Å². The number of nitrogens with two attached hydrogens (primary N) is 1. The van der Waals surface area contributed by atoms with Crippen LogP contribution in [0.2, 0.25) is 0 Å². The van der Waals surface area contributed by atoms with Gasteiger partial charge in [-0.25, -0.2) is 0 Å². The van der Waals surface area contributed by atoms with Gasteiger partial charge in [0.2, 0.25) is 0 Å². The Bertz CT molecular complexity index is 396. The van der Waals surface area contributed by atoms with Gasteiger partial charge in [-0.1, -0.05) is 12.1 Å². The van der Waals surface area contributed by atoms with Gasteiger partial charge in [0.1, 0.15) is 5.75 Å². The Morgan fingerprint density at radius 1 is 1.35 bits per heavy atom. The van der Waals surface area contributed by atoms with Gasteiger partial charge in [-0.2, -0.15) is 0 Å². The van der Waals surface area contributed by atoms with Crippen LogP contribution < -0.4 is 10.5 Å². The highest BCUT2D eigenvalue weighted by atomic mass is 16.5. The molecule has 4 heteroatoms. The summed E-state index contributed by atoms with van der Waals surface area (Å²) < 4.78 is 11.4. The molecule has 1 saturated heterocycles. The number of ether oxygens (including phenoxy) is 2. The zero-order chi connectivity index (χ0) is 14.2. The van der Waals surface area contributed by atoms with Crippen LogP contribution in [-0.4, -0.2) is 43.9 Å². The van der Waals surface area contributed by atoms with E-state index in [1.54, 1.807) is 0 Å². The number of nitrogen functional groups attached to an aromatic ring is 1. The molecule has 1 aromatic carbocycles. The SMILES string of the molecule is CCOC1CCCN(CCCOc2ccccc2N)C1. The molecule has 0 amide bonds. The van der Waals surface area contributed by atoms with E-state index in [0.717, 1.165) is 31.9 Å². The van der Waals surface area contributed by atoms with Crippen LogP contribution in [0.3, 0.4) is 0 Å². The van der Waals surface area contributed by atoms with E-state index in [-0.39, 0.29) is 0 Å². The lowest BCUT2D eigenvalue weighted by atomic mass is 10.1. The molecule has 2 rings (SSSR count). The van der Waals surface area contributed by atoms with Gasteiger partial charge in [0.05, 0.1) is 18.4 Å². The van der Waals surface area contributed by atoms with Crippen molar-refractivity contribution in [2.45, 2.75) is 32.3 Å². The second-order valence-corrected chi connectivity index (χ2v) is 5.26. The van der Waals surface area contributed by atoms with Crippen LogP contribution in [-0.2, 0) is 4.74 Å². The minimum Gasteiger partial charge on any atom is -0.491 e. The molecule has 0 radical (unpaired) electrons. The van der Waals surface area contributed by atoms with Gasteiger partial charge < -0.3 is 20.1 Å². The van der Waals surface area contributed by atoms with Gasteiger partial charge in [-0.3, -0.25) is 0 Å². The molecule has 1 heterocycles. The fourth-order valence-corrected chi connectivity index (χ4v) is 2.67.